The van der Waals surface area contributed by atoms with Crippen LogP contribution in [0.25, 0.3) is 11.1 Å². The molecule has 0 saturated heterocycles. The lowest BCUT2D eigenvalue weighted by Crippen LogP contribution is -2.24. The molecule has 0 aliphatic carbocycles. The standard InChI is InChI=1S/C18H17N3O/c1-14(21-13-7-12-19-21)18(22)20-17-11-6-5-10-16(17)15-8-3-2-4-9-15/h2-14H,1H3,(H,20,22). The van der Waals surface area contributed by atoms with E-state index in [4.69, 9.17) is 0 Å². The highest BCUT2D eigenvalue weighted by Gasteiger charge is 2.16. The number of rotatable bonds is 4. The van der Waals surface area contributed by atoms with Crippen molar-refractivity contribution in [3.05, 3.63) is 73.1 Å². The molecule has 0 aliphatic heterocycles. The molecule has 1 unspecified atom stereocenters. The van der Waals surface area contributed by atoms with Gasteiger partial charge in [-0.1, -0.05) is 48.5 Å². The van der Waals surface area contributed by atoms with Gasteiger partial charge >= 0.3 is 0 Å². The van der Waals surface area contributed by atoms with Crippen LogP contribution in [-0.2, 0) is 4.79 Å². The van der Waals surface area contributed by atoms with E-state index in [9.17, 15) is 4.79 Å². The van der Waals surface area contributed by atoms with Crippen LogP contribution in [0.5, 0.6) is 0 Å². The molecular formula is C18H17N3O. The van der Waals surface area contributed by atoms with Crippen LogP contribution >= 0.6 is 0 Å². The van der Waals surface area contributed by atoms with Gasteiger partial charge in [0.15, 0.2) is 0 Å². The Labute approximate surface area is 129 Å². The predicted molar refractivity (Wildman–Crippen MR) is 87.4 cm³/mol. The molecule has 0 saturated carbocycles. The Hall–Kier alpha value is -2.88. The van der Waals surface area contributed by atoms with Crippen LogP contribution < -0.4 is 5.32 Å². The molecule has 1 aromatic heterocycles. The van der Waals surface area contributed by atoms with Crippen molar-refractivity contribution in [2.45, 2.75) is 13.0 Å². The van der Waals surface area contributed by atoms with Crippen molar-refractivity contribution in [3.8, 4) is 11.1 Å². The first-order valence-electron chi connectivity index (χ1n) is 7.20. The van der Waals surface area contributed by atoms with E-state index >= 15 is 0 Å². The van der Waals surface area contributed by atoms with Crippen molar-refractivity contribution >= 4 is 11.6 Å². The molecule has 0 radical (unpaired) electrons. The van der Waals surface area contributed by atoms with Crippen LogP contribution in [0.1, 0.15) is 13.0 Å². The second-order valence-electron chi connectivity index (χ2n) is 5.06. The highest BCUT2D eigenvalue weighted by Crippen LogP contribution is 2.28. The average molecular weight is 291 g/mol. The molecule has 0 spiro atoms. The van der Waals surface area contributed by atoms with Gasteiger partial charge in [-0.2, -0.15) is 5.10 Å². The largest absolute Gasteiger partial charge is 0.324 e. The fourth-order valence-electron chi connectivity index (χ4n) is 2.33. The van der Waals surface area contributed by atoms with E-state index in [2.05, 4.69) is 10.4 Å². The molecule has 1 amide bonds. The number of nitrogens with zero attached hydrogens (tertiary/aromatic N) is 2. The molecule has 4 heteroatoms. The molecule has 1 N–H and O–H groups in total. The van der Waals surface area contributed by atoms with Gasteiger partial charge in [-0.25, -0.2) is 0 Å². The summed E-state index contributed by atoms with van der Waals surface area (Å²) in [5.74, 6) is -0.0907. The fraction of sp³-hybridized carbons (Fsp3) is 0.111. The number of nitrogens with one attached hydrogen (secondary N) is 1. The zero-order chi connectivity index (χ0) is 15.4. The molecule has 3 rings (SSSR count). The summed E-state index contributed by atoms with van der Waals surface area (Å²) in [5, 5.41) is 7.11. The third-order valence-electron chi connectivity index (χ3n) is 3.57. The summed E-state index contributed by atoms with van der Waals surface area (Å²) in [6, 6.07) is 19.3. The van der Waals surface area contributed by atoms with Gasteiger partial charge in [0, 0.05) is 23.6 Å². The first-order chi connectivity index (χ1) is 10.8. The zero-order valence-corrected chi connectivity index (χ0v) is 12.3. The van der Waals surface area contributed by atoms with Gasteiger partial charge in [0.1, 0.15) is 6.04 Å². The fourth-order valence-corrected chi connectivity index (χ4v) is 2.33. The molecule has 3 aromatic rings. The minimum absolute atomic E-state index is 0.0907. The highest BCUT2D eigenvalue weighted by atomic mass is 16.2. The third-order valence-corrected chi connectivity index (χ3v) is 3.57. The first-order valence-corrected chi connectivity index (χ1v) is 7.20. The Morgan fingerprint density at radius 1 is 1.05 bits per heavy atom. The van der Waals surface area contributed by atoms with E-state index in [1.807, 2.05) is 67.6 Å². The third kappa shape index (κ3) is 2.91. The summed E-state index contributed by atoms with van der Waals surface area (Å²) in [7, 11) is 0. The van der Waals surface area contributed by atoms with Gasteiger partial charge in [0.05, 0.1) is 0 Å². The van der Waals surface area contributed by atoms with Crippen molar-refractivity contribution in [2.75, 3.05) is 5.32 Å². The molecule has 110 valence electrons. The van der Waals surface area contributed by atoms with E-state index in [1.54, 1.807) is 17.1 Å². The number of amides is 1. The summed E-state index contributed by atoms with van der Waals surface area (Å²) in [6.45, 7) is 1.83. The maximum absolute atomic E-state index is 12.4. The normalized spacial score (nSPS) is 11.9. The van der Waals surface area contributed by atoms with Crippen LogP contribution in [0.3, 0.4) is 0 Å². The molecule has 4 nitrogen and oxygen atoms in total. The number of aromatic nitrogens is 2. The van der Waals surface area contributed by atoms with Crippen LogP contribution in [0.4, 0.5) is 5.69 Å². The number of carbonyl (C=O) groups excluding carboxylic acids is 1. The number of benzene rings is 2. The van der Waals surface area contributed by atoms with Crippen LogP contribution in [0.15, 0.2) is 73.1 Å². The minimum atomic E-state index is -0.362. The lowest BCUT2D eigenvalue weighted by Gasteiger charge is -2.15. The number of anilines is 1. The number of para-hydroxylation sites is 1. The summed E-state index contributed by atoms with van der Waals surface area (Å²) >= 11 is 0. The second kappa shape index (κ2) is 6.26. The van der Waals surface area contributed by atoms with Crippen LogP contribution in [-0.4, -0.2) is 15.7 Å². The second-order valence-corrected chi connectivity index (χ2v) is 5.06. The summed E-state index contributed by atoms with van der Waals surface area (Å²) in [4.78, 5) is 12.4. The minimum Gasteiger partial charge on any atom is -0.324 e. The van der Waals surface area contributed by atoms with Gasteiger partial charge < -0.3 is 5.32 Å². The Kier molecular flexibility index (Phi) is 4.01. The zero-order valence-electron chi connectivity index (χ0n) is 12.3. The average Bonchev–Trinajstić information content (AvgIpc) is 3.10. The maximum Gasteiger partial charge on any atom is 0.248 e. The Balaban J connectivity index is 1.86. The van der Waals surface area contributed by atoms with Crippen LogP contribution in [0, 0.1) is 0 Å². The Morgan fingerprint density at radius 2 is 1.77 bits per heavy atom. The SMILES string of the molecule is CC(C(=O)Nc1ccccc1-c1ccccc1)n1cccn1. The van der Waals surface area contributed by atoms with Crippen molar-refractivity contribution in [1.82, 2.24) is 9.78 Å². The van der Waals surface area contributed by atoms with Crippen molar-refractivity contribution in [1.29, 1.82) is 0 Å². The van der Waals surface area contributed by atoms with Crippen LogP contribution in [0.2, 0.25) is 0 Å². The Bertz CT molecular complexity index is 751. The molecule has 2 aromatic carbocycles. The van der Waals surface area contributed by atoms with Crippen molar-refractivity contribution in [2.24, 2.45) is 0 Å². The maximum atomic E-state index is 12.4. The van der Waals surface area contributed by atoms with E-state index in [0.717, 1.165) is 16.8 Å². The lowest BCUT2D eigenvalue weighted by atomic mass is 10.0. The van der Waals surface area contributed by atoms with Gasteiger partial charge in [0.25, 0.3) is 0 Å². The van der Waals surface area contributed by atoms with Gasteiger partial charge in [-0.3, -0.25) is 9.48 Å². The first kappa shape index (κ1) is 14.1. The summed E-state index contributed by atoms with van der Waals surface area (Å²) in [5.41, 5.74) is 2.88. The Morgan fingerprint density at radius 3 is 2.50 bits per heavy atom. The van der Waals surface area contributed by atoms with E-state index < -0.39 is 0 Å². The predicted octanol–water partition coefficient (Wildman–Crippen LogP) is 3.75. The van der Waals surface area contributed by atoms with E-state index in [0.29, 0.717) is 0 Å². The smallest absolute Gasteiger partial charge is 0.248 e. The van der Waals surface area contributed by atoms with E-state index in [1.165, 1.54) is 0 Å². The summed E-state index contributed by atoms with van der Waals surface area (Å²) < 4.78 is 1.64. The topological polar surface area (TPSA) is 46.9 Å². The lowest BCUT2D eigenvalue weighted by molar-refractivity contribution is -0.119. The van der Waals surface area contributed by atoms with Gasteiger partial charge in [0.2, 0.25) is 5.91 Å². The molecule has 1 heterocycles. The molecule has 0 bridgehead atoms. The molecule has 0 aliphatic rings. The summed E-state index contributed by atoms with van der Waals surface area (Å²) in [6.07, 6.45) is 3.45. The van der Waals surface area contributed by atoms with Gasteiger partial charge in [-0.15, -0.1) is 0 Å². The molecule has 22 heavy (non-hydrogen) atoms. The number of hydrogen-bond acceptors (Lipinski definition) is 2. The van der Waals surface area contributed by atoms with Gasteiger partial charge in [-0.05, 0) is 24.6 Å². The number of carbonyl (C=O) groups is 1. The number of hydrogen-bond donors (Lipinski definition) is 1. The molecule has 0 fully saturated rings. The monoisotopic (exact) mass is 291 g/mol. The van der Waals surface area contributed by atoms with E-state index in [-0.39, 0.29) is 11.9 Å². The molecule has 1 atom stereocenters. The molecular weight excluding hydrogens is 274 g/mol. The van der Waals surface area contributed by atoms with Crippen molar-refractivity contribution < 1.29 is 4.79 Å². The van der Waals surface area contributed by atoms with Crippen molar-refractivity contribution in [3.63, 3.8) is 0 Å². The highest BCUT2D eigenvalue weighted by molar-refractivity contribution is 5.97. The quantitative estimate of drug-likeness (QED) is 0.795.